The Kier molecular flexibility index (Phi) is 5.74. The fourth-order valence-corrected chi connectivity index (χ4v) is 3.32. The Morgan fingerprint density at radius 1 is 1.25 bits per heavy atom. The Balaban J connectivity index is 2.13. The molecule has 0 radical (unpaired) electrons. The summed E-state index contributed by atoms with van der Waals surface area (Å²) in [4.78, 5) is 2.47. The molecule has 2 nitrogen and oxygen atoms in total. The molecule has 0 unspecified atom stereocenters. The van der Waals surface area contributed by atoms with Crippen molar-refractivity contribution in [1.29, 1.82) is 0 Å². The average molecular weight is 295 g/mol. The Bertz CT molecular complexity index is 425. The van der Waals surface area contributed by atoms with E-state index < -0.39 is 0 Å². The first kappa shape index (κ1) is 15.7. The molecule has 0 spiro atoms. The van der Waals surface area contributed by atoms with Gasteiger partial charge < -0.3 is 10.2 Å². The van der Waals surface area contributed by atoms with Crippen molar-refractivity contribution in [3.8, 4) is 0 Å². The zero-order chi connectivity index (χ0) is 14.5. The van der Waals surface area contributed by atoms with Gasteiger partial charge in [-0.3, -0.25) is 0 Å². The highest BCUT2D eigenvalue weighted by molar-refractivity contribution is 6.30. The van der Waals surface area contributed by atoms with Gasteiger partial charge in [0.1, 0.15) is 0 Å². The van der Waals surface area contributed by atoms with Gasteiger partial charge in [-0.05, 0) is 61.9 Å². The maximum atomic E-state index is 6.16. The van der Waals surface area contributed by atoms with Gasteiger partial charge >= 0.3 is 0 Å². The Labute approximate surface area is 128 Å². The fourth-order valence-electron chi connectivity index (χ4n) is 3.13. The van der Waals surface area contributed by atoms with Crippen LogP contribution in [0, 0.1) is 5.92 Å². The SMILES string of the molecule is CCNCc1cc(Cl)ccc1N(C)C1CCC(C)CC1. The largest absolute Gasteiger partial charge is 0.371 e. The monoisotopic (exact) mass is 294 g/mol. The summed E-state index contributed by atoms with van der Waals surface area (Å²) in [6, 6.07) is 6.95. The van der Waals surface area contributed by atoms with E-state index in [9.17, 15) is 0 Å². The van der Waals surface area contributed by atoms with Gasteiger partial charge in [0.2, 0.25) is 0 Å². The van der Waals surface area contributed by atoms with E-state index in [0.717, 1.165) is 24.0 Å². The molecule has 3 heteroatoms. The van der Waals surface area contributed by atoms with Gasteiger partial charge in [0.15, 0.2) is 0 Å². The maximum Gasteiger partial charge on any atom is 0.0412 e. The van der Waals surface area contributed by atoms with Gasteiger partial charge in [0, 0.05) is 30.3 Å². The molecule has 0 heterocycles. The van der Waals surface area contributed by atoms with Crippen LogP contribution in [0.4, 0.5) is 5.69 Å². The molecule has 112 valence electrons. The van der Waals surface area contributed by atoms with Crippen molar-refractivity contribution in [2.75, 3.05) is 18.5 Å². The molecule has 1 aliphatic carbocycles. The molecular formula is C17H27ClN2. The highest BCUT2D eigenvalue weighted by atomic mass is 35.5. The molecular weight excluding hydrogens is 268 g/mol. The number of hydrogen-bond acceptors (Lipinski definition) is 2. The van der Waals surface area contributed by atoms with Crippen molar-refractivity contribution >= 4 is 17.3 Å². The topological polar surface area (TPSA) is 15.3 Å². The summed E-state index contributed by atoms with van der Waals surface area (Å²) in [5.74, 6) is 0.895. The Hall–Kier alpha value is -0.730. The van der Waals surface area contributed by atoms with Gasteiger partial charge in [-0.2, -0.15) is 0 Å². The minimum absolute atomic E-state index is 0.674. The lowest BCUT2D eigenvalue weighted by molar-refractivity contribution is 0.340. The summed E-state index contributed by atoms with van der Waals surface area (Å²) in [6.45, 7) is 6.38. The van der Waals surface area contributed by atoms with Crippen LogP contribution in [0.5, 0.6) is 0 Å². The first-order chi connectivity index (χ1) is 9.61. The van der Waals surface area contributed by atoms with Gasteiger partial charge in [-0.25, -0.2) is 0 Å². The second-order valence-electron chi connectivity index (χ2n) is 6.08. The van der Waals surface area contributed by atoms with E-state index in [4.69, 9.17) is 11.6 Å². The van der Waals surface area contributed by atoms with Crippen LogP contribution >= 0.6 is 11.6 Å². The molecule has 0 aliphatic heterocycles. The van der Waals surface area contributed by atoms with Gasteiger partial charge in [0.25, 0.3) is 0 Å². The summed E-state index contributed by atoms with van der Waals surface area (Å²) in [6.07, 6.45) is 5.32. The van der Waals surface area contributed by atoms with Gasteiger partial charge in [0.05, 0.1) is 0 Å². The van der Waals surface area contributed by atoms with Gasteiger partial charge in [-0.15, -0.1) is 0 Å². The Morgan fingerprint density at radius 3 is 2.60 bits per heavy atom. The van der Waals surface area contributed by atoms with Gasteiger partial charge in [-0.1, -0.05) is 25.4 Å². The highest BCUT2D eigenvalue weighted by Gasteiger charge is 2.23. The lowest BCUT2D eigenvalue weighted by atomic mass is 9.86. The minimum atomic E-state index is 0.674. The summed E-state index contributed by atoms with van der Waals surface area (Å²) in [5, 5.41) is 4.24. The van der Waals surface area contributed by atoms with E-state index in [1.54, 1.807) is 0 Å². The molecule has 1 aliphatic rings. The van der Waals surface area contributed by atoms with Crippen LogP contribution in [0.1, 0.15) is 45.1 Å². The molecule has 0 amide bonds. The number of nitrogens with one attached hydrogen (secondary N) is 1. The quantitative estimate of drug-likeness (QED) is 0.862. The van der Waals surface area contributed by atoms with Crippen molar-refractivity contribution < 1.29 is 0 Å². The first-order valence-electron chi connectivity index (χ1n) is 7.83. The lowest BCUT2D eigenvalue weighted by Gasteiger charge is -2.36. The lowest BCUT2D eigenvalue weighted by Crippen LogP contribution is -2.35. The fraction of sp³-hybridized carbons (Fsp3) is 0.647. The standard InChI is InChI=1S/C17H27ClN2/c1-4-19-12-14-11-15(18)7-10-17(14)20(3)16-8-5-13(2)6-9-16/h7,10-11,13,16,19H,4-6,8-9,12H2,1-3H3. The summed E-state index contributed by atoms with van der Waals surface area (Å²) < 4.78 is 0. The van der Waals surface area contributed by atoms with Crippen LogP contribution in [0.25, 0.3) is 0 Å². The molecule has 2 rings (SSSR count). The Morgan fingerprint density at radius 2 is 1.95 bits per heavy atom. The molecule has 1 aromatic rings. The molecule has 20 heavy (non-hydrogen) atoms. The molecule has 1 aromatic carbocycles. The minimum Gasteiger partial charge on any atom is -0.371 e. The molecule has 0 saturated heterocycles. The number of anilines is 1. The summed E-state index contributed by atoms with van der Waals surface area (Å²) >= 11 is 6.16. The second kappa shape index (κ2) is 7.33. The predicted octanol–water partition coefficient (Wildman–Crippen LogP) is 4.46. The van der Waals surface area contributed by atoms with Crippen molar-refractivity contribution in [3.63, 3.8) is 0 Å². The van der Waals surface area contributed by atoms with E-state index in [2.05, 4.69) is 43.2 Å². The number of hydrogen-bond donors (Lipinski definition) is 1. The van der Waals surface area contributed by atoms with E-state index in [1.807, 2.05) is 6.07 Å². The van der Waals surface area contributed by atoms with Crippen molar-refractivity contribution in [1.82, 2.24) is 5.32 Å². The summed E-state index contributed by atoms with van der Waals surface area (Å²) in [7, 11) is 2.24. The first-order valence-corrected chi connectivity index (χ1v) is 8.21. The third-order valence-corrected chi connectivity index (χ3v) is 4.76. The number of rotatable bonds is 5. The van der Waals surface area contributed by atoms with Crippen LogP contribution in [0.2, 0.25) is 5.02 Å². The smallest absolute Gasteiger partial charge is 0.0412 e. The van der Waals surface area contributed by atoms with E-state index in [-0.39, 0.29) is 0 Å². The van der Waals surface area contributed by atoms with E-state index >= 15 is 0 Å². The van der Waals surface area contributed by atoms with Crippen molar-refractivity contribution in [2.45, 2.75) is 52.1 Å². The molecule has 0 bridgehead atoms. The van der Waals surface area contributed by atoms with Crippen LogP contribution in [-0.2, 0) is 6.54 Å². The highest BCUT2D eigenvalue weighted by Crippen LogP contribution is 2.32. The van der Waals surface area contributed by atoms with Crippen LogP contribution in [-0.4, -0.2) is 19.6 Å². The second-order valence-corrected chi connectivity index (χ2v) is 6.51. The molecule has 1 fully saturated rings. The van der Waals surface area contributed by atoms with Crippen molar-refractivity contribution in [3.05, 3.63) is 28.8 Å². The molecule has 0 atom stereocenters. The number of nitrogens with zero attached hydrogens (tertiary/aromatic N) is 1. The maximum absolute atomic E-state index is 6.16. The summed E-state index contributed by atoms with van der Waals surface area (Å²) in [5.41, 5.74) is 2.63. The third-order valence-electron chi connectivity index (χ3n) is 4.52. The molecule has 1 saturated carbocycles. The van der Waals surface area contributed by atoms with E-state index in [1.165, 1.54) is 36.9 Å². The van der Waals surface area contributed by atoms with Crippen molar-refractivity contribution in [2.24, 2.45) is 5.92 Å². The van der Waals surface area contributed by atoms with Crippen LogP contribution < -0.4 is 10.2 Å². The predicted molar refractivity (Wildman–Crippen MR) is 88.7 cm³/mol. The van der Waals surface area contributed by atoms with E-state index in [0.29, 0.717) is 6.04 Å². The number of halogens is 1. The average Bonchev–Trinajstić information content (AvgIpc) is 2.45. The van der Waals surface area contributed by atoms with Crippen LogP contribution in [0.15, 0.2) is 18.2 Å². The normalized spacial score (nSPS) is 22.8. The molecule has 1 N–H and O–H groups in total. The number of benzene rings is 1. The zero-order valence-corrected chi connectivity index (χ0v) is 13.7. The third kappa shape index (κ3) is 3.89. The molecule has 0 aromatic heterocycles. The van der Waals surface area contributed by atoms with Crippen LogP contribution in [0.3, 0.4) is 0 Å². The zero-order valence-electron chi connectivity index (χ0n) is 13.0.